The Morgan fingerprint density at radius 2 is 0.889 bits per heavy atom. The van der Waals surface area contributed by atoms with Gasteiger partial charge in [0.15, 0.2) is 11.6 Å². The number of nitrogens with zero attached hydrogens (tertiary/aromatic N) is 16. The number of ketones is 2. The van der Waals surface area contributed by atoms with Crippen molar-refractivity contribution in [1.29, 1.82) is 26.3 Å². The van der Waals surface area contributed by atoms with Crippen LogP contribution in [0.2, 0.25) is 25.5 Å². The Balaban J connectivity index is 0.000000158. The number of likely N-dealkylation sites (tertiary alicyclic amines) is 2. The molecule has 0 bridgehead atoms. The van der Waals surface area contributed by atoms with Crippen molar-refractivity contribution in [3.63, 3.8) is 0 Å². The number of pyridine rings is 8. The van der Waals surface area contributed by atoms with Gasteiger partial charge in [-0.25, -0.2) is 15.0 Å². The maximum atomic E-state index is 12.5. The number of rotatable bonds is 9. The smallest absolute Gasteiger partial charge is 0.303 e. The number of carbonyl (C=O) groups is 3. The van der Waals surface area contributed by atoms with Crippen molar-refractivity contribution >= 4 is 157 Å². The van der Waals surface area contributed by atoms with Crippen LogP contribution in [0.4, 0.5) is 5.69 Å². The van der Waals surface area contributed by atoms with Crippen LogP contribution in [0.15, 0.2) is 72.5 Å². The van der Waals surface area contributed by atoms with E-state index in [4.69, 9.17) is 73.3 Å². The molecular weight excluding hydrogens is 1610 g/mol. The number of aliphatic hydroxyl groups is 4. The molecular formula is C77H75Br2Cl5N16O8. The van der Waals surface area contributed by atoms with Crippen LogP contribution in [-0.2, 0) is 38.4 Å². The van der Waals surface area contributed by atoms with Crippen molar-refractivity contribution in [2.75, 3.05) is 44.2 Å². The molecule has 4 atom stereocenters. The van der Waals surface area contributed by atoms with E-state index in [1.165, 1.54) is 6.92 Å². The Morgan fingerprint density at radius 1 is 0.528 bits per heavy atom. The molecule has 0 spiro atoms. The Hall–Kier alpha value is -8.63. The molecule has 13 rings (SSSR count). The van der Waals surface area contributed by atoms with Gasteiger partial charge in [0, 0.05) is 104 Å². The molecule has 0 amide bonds. The van der Waals surface area contributed by atoms with Gasteiger partial charge in [-0.15, -0.1) is 0 Å². The number of aromatic nitrogens is 8. The lowest BCUT2D eigenvalue weighted by Crippen LogP contribution is -2.42. The van der Waals surface area contributed by atoms with E-state index in [1.54, 1.807) is 76.9 Å². The lowest BCUT2D eigenvalue weighted by atomic mass is 9.86. The number of ether oxygens (including phenoxy) is 1. The van der Waals surface area contributed by atoms with E-state index in [2.05, 4.69) is 94.8 Å². The number of aliphatic hydroxyl groups excluding tert-OH is 1. The number of esters is 1. The molecule has 8 aromatic rings. The predicted molar refractivity (Wildman–Crippen MR) is 419 cm³/mol. The third-order valence-corrected chi connectivity index (χ3v) is 21.6. The summed E-state index contributed by atoms with van der Waals surface area (Å²) in [6, 6.07) is 19.4. The van der Waals surface area contributed by atoms with E-state index in [0.29, 0.717) is 138 Å². The molecule has 3 saturated heterocycles. The van der Waals surface area contributed by atoms with Crippen LogP contribution in [-0.4, -0.2) is 144 Å². The Kier molecular flexibility index (Phi) is 27.3. The van der Waals surface area contributed by atoms with Crippen molar-refractivity contribution in [2.24, 2.45) is 0 Å². The van der Waals surface area contributed by atoms with Crippen molar-refractivity contribution in [3.05, 3.63) is 165 Å². The maximum absolute atomic E-state index is 12.5. The molecule has 108 heavy (non-hydrogen) atoms. The number of hydrogen-bond donors (Lipinski definition) is 4. The number of anilines is 1. The van der Waals surface area contributed by atoms with Gasteiger partial charge >= 0.3 is 5.97 Å². The molecule has 3 fully saturated rings. The molecule has 8 aromatic heterocycles. The molecule has 2 aliphatic carbocycles. The number of hydrogen-bond acceptors (Lipinski definition) is 24. The third-order valence-electron chi connectivity index (χ3n) is 19.1. The van der Waals surface area contributed by atoms with E-state index in [-0.39, 0.29) is 71.8 Å². The van der Waals surface area contributed by atoms with Gasteiger partial charge in [0.1, 0.15) is 79.7 Å². The van der Waals surface area contributed by atoms with Crippen molar-refractivity contribution < 1.29 is 39.5 Å². The second-order valence-electron chi connectivity index (χ2n) is 27.5. The van der Waals surface area contributed by atoms with E-state index < -0.39 is 35.0 Å². The molecule has 24 nitrogen and oxygen atoms in total. The van der Waals surface area contributed by atoms with Crippen LogP contribution in [0.1, 0.15) is 190 Å². The van der Waals surface area contributed by atoms with Crippen molar-refractivity contribution in [1.82, 2.24) is 49.7 Å². The highest BCUT2D eigenvalue weighted by Crippen LogP contribution is 2.42. The highest BCUT2D eigenvalue weighted by atomic mass is 79.9. The first kappa shape index (κ1) is 83.4. The Bertz CT molecular complexity index is 5150. The van der Waals surface area contributed by atoms with Crippen LogP contribution in [0.3, 0.4) is 0 Å². The molecule has 0 radical (unpaired) electrons. The first-order chi connectivity index (χ1) is 51.1. The van der Waals surface area contributed by atoms with Gasteiger partial charge in [0.25, 0.3) is 0 Å². The van der Waals surface area contributed by atoms with Crippen molar-refractivity contribution in [2.45, 2.75) is 159 Å². The predicted octanol–water partition coefficient (Wildman–Crippen LogP) is 14.9. The van der Waals surface area contributed by atoms with Crippen LogP contribution in [0.25, 0.3) is 44.1 Å². The second kappa shape index (κ2) is 35.4. The minimum absolute atomic E-state index is 0.0954. The van der Waals surface area contributed by atoms with Crippen LogP contribution in [0.5, 0.6) is 0 Å². The minimum Gasteiger partial charge on any atom is -0.456 e. The summed E-state index contributed by atoms with van der Waals surface area (Å²) in [5.41, 5.74) is 9.61. The van der Waals surface area contributed by atoms with Gasteiger partial charge in [0.05, 0.1) is 118 Å². The number of nitriles is 5. The van der Waals surface area contributed by atoms with Gasteiger partial charge in [-0.3, -0.25) is 39.3 Å². The summed E-state index contributed by atoms with van der Waals surface area (Å²) in [6.45, 7) is 19.7. The largest absolute Gasteiger partial charge is 0.456 e. The molecule has 4 unspecified atom stereocenters. The van der Waals surface area contributed by atoms with Gasteiger partial charge in [-0.1, -0.05) is 96.8 Å². The zero-order valence-corrected chi connectivity index (χ0v) is 67.4. The van der Waals surface area contributed by atoms with Gasteiger partial charge in [0.2, 0.25) is 0 Å². The molecule has 560 valence electrons. The van der Waals surface area contributed by atoms with Gasteiger partial charge in [-0.2, -0.15) is 26.3 Å². The Morgan fingerprint density at radius 3 is 1.28 bits per heavy atom. The van der Waals surface area contributed by atoms with E-state index in [9.17, 15) is 50.6 Å². The summed E-state index contributed by atoms with van der Waals surface area (Å²) in [6.07, 6.45) is 11.5. The average Bonchev–Trinajstić information content (AvgIpc) is 0.772. The molecule has 5 aliphatic rings. The van der Waals surface area contributed by atoms with Crippen LogP contribution in [0, 0.1) is 56.7 Å². The standard InChI is InChI=1S/C20H23N3O4.C18H21N3O3.C17H18BrClN4O.C11H6BrCl2N3.C11H7Cl2N3/c1-12(27-13(2)24)17-9-15-14(11-22-17)8-18(25)16(10-21)19(15)23-6-4-20(3,26)5-7-23;1-11(22)15-8-13-12(10-20-15)7-16(23)14(9-19)17(13)21-5-3-18(2,24)4-6-21;1-10(18)13-7-11-14(9-21-13)22-16(19)12(8-20)15(11)23-5-3-17(2,24)4-6-23;1-5(12)8-2-6-9(4-16-8)17-11(14)7(3-15)10(6)13;1-2-6-3-7-9(5-15-6)16-11(13)8(4-14)10(7)12/h9,11-12,26H,4-8H2,1-3H3;8,10-11,22,24H,3-7H2,1-2H3;7,9-10,24H,3-6H2,1-2H3;2,4-5H,1H3;3,5H,2H2,1H3. The van der Waals surface area contributed by atoms with Gasteiger partial charge < -0.3 is 39.9 Å². The van der Waals surface area contributed by atoms with Crippen molar-refractivity contribution in [3.8, 4) is 30.3 Å². The SMILES string of the molecule is CC(=O)OC(C)c1cc2c(cn1)CC(=O)C(C#N)=C2N1CCC(C)(O)CC1.CC(Br)c1cc2c(Cl)c(C#N)c(Cl)nc2cn1.CC(Br)c1cc2c(N3CCC(C)(O)CC3)c(C#N)c(Cl)nc2cn1.CC(O)c1cc2c(cn1)CC(=O)C(C#N)=C2N1CCC(C)(O)CC1.CCc1cc2c(Cl)c(C#N)c(Cl)nc2cn1. The molecule has 0 saturated carbocycles. The number of alkyl halides is 2. The molecule has 11 heterocycles. The summed E-state index contributed by atoms with van der Waals surface area (Å²) in [4.78, 5) is 76.3. The summed E-state index contributed by atoms with van der Waals surface area (Å²) in [5, 5.41) is 90.3. The first-order valence-corrected chi connectivity index (χ1v) is 38.2. The molecule has 31 heteroatoms. The number of aryl methyl sites for hydroxylation is 1. The average molecular weight is 1690 g/mol. The summed E-state index contributed by atoms with van der Waals surface area (Å²) < 4.78 is 5.21. The summed E-state index contributed by atoms with van der Waals surface area (Å²) in [7, 11) is 0. The summed E-state index contributed by atoms with van der Waals surface area (Å²) in [5.74, 6) is -0.826. The van der Waals surface area contributed by atoms with E-state index >= 15 is 0 Å². The summed E-state index contributed by atoms with van der Waals surface area (Å²) >= 11 is 37.1. The molecule has 3 aliphatic heterocycles. The number of allylic oxidation sites excluding steroid dienone is 2. The maximum Gasteiger partial charge on any atom is 0.303 e. The normalized spacial score (nSPS) is 17.3. The van der Waals surface area contributed by atoms with Crippen LogP contribution < -0.4 is 4.90 Å². The fourth-order valence-electron chi connectivity index (χ4n) is 12.7. The molecule has 4 N–H and O–H groups in total. The third kappa shape index (κ3) is 19.3. The van der Waals surface area contributed by atoms with E-state index in [1.807, 2.05) is 61.8 Å². The Labute approximate surface area is 666 Å². The lowest BCUT2D eigenvalue weighted by molar-refractivity contribution is -0.146. The number of halogens is 7. The number of Topliss-reactive ketones (excluding diaryl/α,β-unsaturated/α-hetero) is 2. The lowest BCUT2D eigenvalue weighted by Gasteiger charge is -2.40. The van der Waals surface area contributed by atoms with E-state index in [0.717, 1.165) is 62.2 Å². The second-order valence-corrected chi connectivity index (χ2v) is 32.0. The fraction of sp³-hybridized carbons (Fsp3) is 0.403. The molecule has 0 aromatic carbocycles. The minimum atomic E-state index is -0.737. The van der Waals surface area contributed by atoms with Crippen LogP contribution >= 0.6 is 89.9 Å². The topological polar surface area (TPSA) is 373 Å². The monoisotopic (exact) mass is 1680 g/mol. The quantitative estimate of drug-likeness (QED) is 0.0592. The number of piperidine rings is 3. The highest BCUT2D eigenvalue weighted by molar-refractivity contribution is 9.09. The zero-order chi connectivity index (χ0) is 79.0. The zero-order valence-electron chi connectivity index (χ0n) is 60.4. The first-order valence-electron chi connectivity index (χ1n) is 34.4. The number of carbonyl (C=O) groups excluding carboxylic acids is 3. The number of fused-ring (bicyclic) bond motifs is 5. The van der Waals surface area contributed by atoms with Gasteiger partial charge in [-0.05, 0) is 135 Å². The fourth-order valence-corrected chi connectivity index (χ4v) is 14.5. The highest BCUT2D eigenvalue weighted by Gasteiger charge is 2.38.